The van der Waals surface area contributed by atoms with Crippen LogP contribution in [0.4, 0.5) is 0 Å². The quantitative estimate of drug-likeness (QED) is 0.862. The molecule has 6 nitrogen and oxygen atoms in total. The lowest BCUT2D eigenvalue weighted by molar-refractivity contribution is 0.580. The lowest BCUT2D eigenvalue weighted by atomic mass is 10.3. The molecule has 0 aliphatic heterocycles. The molecular weight excluding hydrogens is 296 g/mol. The SMILES string of the molecule is Cc1csc(CN)c1S(=O)(=O)NCc1cn(C)nc1C. The Labute approximate surface area is 122 Å². The maximum atomic E-state index is 12.4. The highest BCUT2D eigenvalue weighted by atomic mass is 32.2. The molecule has 0 atom stereocenters. The van der Waals surface area contributed by atoms with Gasteiger partial charge in [-0.15, -0.1) is 11.3 Å². The van der Waals surface area contributed by atoms with Gasteiger partial charge in [-0.05, 0) is 24.8 Å². The molecule has 110 valence electrons. The van der Waals surface area contributed by atoms with Gasteiger partial charge in [-0.25, -0.2) is 13.1 Å². The molecule has 3 N–H and O–H groups in total. The van der Waals surface area contributed by atoms with Crippen LogP contribution in [0.3, 0.4) is 0 Å². The van der Waals surface area contributed by atoms with Crippen LogP contribution in [0, 0.1) is 13.8 Å². The molecule has 0 unspecified atom stereocenters. The van der Waals surface area contributed by atoms with E-state index in [1.54, 1.807) is 18.7 Å². The van der Waals surface area contributed by atoms with E-state index >= 15 is 0 Å². The van der Waals surface area contributed by atoms with Crippen LogP contribution in [0.5, 0.6) is 0 Å². The lowest BCUT2D eigenvalue weighted by Gasteiger charge is -2.08. The Morgan fingerprint density at radius 2 is 2.15 bits per heavy atom. The van der Waals surface area contributed by atoms with E-state index in [4.69, 9.17) is 5.73 Å². The molecule has 0 aromatic carbocycles. The third kappa shape index (κ3) is 2.93. The Hall–Kier alpha value is -1.22. The van der Waals surface area contributed by atoms with Crippen LogP contribution in [0.2, 0.25) is 0 Å². The summed E-state index contributed by atoms with van der Waals surface area (Å²) in [5, 5.41) is 6.00. The van der Waals surface area contributed by atoms with Crippen molar-refractivity contribution in [3.05, 3.63) is 33.3 Å². The first-order valence-electron chi connectivity index (χ1n) is 6.11. The Kier molecular flexibility index (Phi) is 4.28. The molecule has 2 heterocycles. The van der Waals surface area contributed by atoms with E-state index in [0.717, 1.165) is 16.8 Å². The Morgan fingerprint density at radius 3 is 2.70 bits per heavy atom. The molecule has 8 heteroatoms. The number of nitrogens with zero attached hydrogens (tertiary/aromatic N) is 2. The fourth-order valence-electron chi connectivity index (χ4n) is 2.06. The van der Waals surface area contributed by atoms with Gasteiger partial charge in [0.25, 0.3) is 0 Å². The van der Waals surface area contributed by atoms with Gasteiger partial charge >= 0.3 is 0 Å². The van der Waals surface area contributed by atoms with Gasteiger partial charge in [-0.2, -0.15) is 5.10 Å². The molecule has 0 aliphatic rings. The van der Waals surface area contributed by atoms with Crippen molar-refractivity contribution < 1.29 is 8.42 Å². The Bertz CT molecular complexity index is 716. The van der Waals surface area contributed by atoms with Crippen LogP contribution in [0.1, 0.15) is 21.7 Å². The molecule has 0 fully saturated rings. The van der Waals surface area contributed by atoms with Crippen LogP contribution in [-0.4, -0.2) is 18.2 Å². The molecule has 2 aromatic heterocycles. The number of aromatic nitrogens is 2. The van der Waals surface area contributed by atoms with Crippen molar-refractivity contribution in [1.82, 2.24) is 14.5 Å². The summed E-state index contributed by atoms with van der Waals surface area (Å²) in [7, 11) is -1.75. The molecule has 0 aliphatic carbocycles. The number of thiophene rings is 1. The number of aryl methyl sites for hydroxylation is 3. The summed E-state index contributed by atoms with van der Waals surface area (Å²) in [6.07, 6.45) is 1.81. The van der Waals surface area contributed by atoms with Gasteiger partial charge in [-0.3, -0.25) is 4.68 Å². The number of sulfonamides is 1. The van der Waals surface area contributed by atoms with E-state index < -0.39 is 10.0 Å². The Morgan fingerprint density at radius 1 is 1.45 bits per heavy atom. The number of hydrogen-bond donors (Lipinski definition) is 2. The van der Waals surface area contributed by atoms with Crippen molar-refractivity contribution in [2.45, 2.75) is 31.8 Å². The summed E-state index contributed by atoms with van der Waals surface area (Å²) >= 11 is 1.37. The minimum atomic E-state index is -3.55. The van der Waals surface area contributed by atoms with Crippen molar-refractivity contribution in [3.8, 4) is 0 Å². The van der Waals surface area contributed by atoms with Crippen LogP contribution in [0.25, 0.3) is 0 Å². The largest absolute Gasteiger partial charge is 0.326 e. The topological polar surface area (TPSA) is 90.0 Å². The second-order valence-corrected chi connectivity index (χ2v) is 7.28. The predicted molar refractivity (Wildman–Crippen MR) is 78.9 cm³/mol. The highest BCUT2D eigenvalue weighted by Crippen LogP contribution is 2.26. The molecule has 20 heavy (non-hydrogen) atoms. The highest BCUT2D eigenvalue weighted by molar-refractivity contribution is 7.89. The maximum Gasteiger partial charge on any atom is 0.242 e. The fourth-order valence-corrected chi connectivity index (χ4v) is 4.76. The summed E-state index contributed by atoms with van der Waals surface area (Å²) in [4.78, 5) is 0.990. The third-order valence-electron chi connectivity index (χ3n) is 3.01. The van der Waals surface area contributed by atoms with Crippen LogP contribution < -0.4 is 10.5 Å². The van der Waals surface area contributed by atoms with Crippen molar-refractivity contribution in [1.29, 1.82) is 0 Å². The molecule has 2 aromatic rings. The van der Waals surface area contributed by atoms with Gasteiger partial charge in [0.2, 0.25) is 10.0 Å². The normalized spacial score (nSPS) is 12.0. The molecule has 0 radical (unpaired) electrons. The van der Waals surface area contributed by atoms with E-state index in [-0.39, 0.29) is 13.1 Å². The van der Waals surface area contributed by atoms with E-state index in [9.17, 15) is 8.42 Å². The first-order chi connectivity index (χ1) is 9.35. The molecule has 0 saturated heterocycles. The number of nitrogens with one attached hydrogen (secondary N) is 1. The zero-order chi connectivity index (χ0) is 14.9. The molecule has 0 bridgehead atoms. The van der Waals surface area contributed by atoms with Gasteiger partial charge in [0.15, 0.2) is 0 Å². The van der Waals surface area contributed by atoms with Gasteiger partial charge in [0, 0.05) is 36.8 Å². The first kappa shape index (κ1) is 15.2. The average Bonchev–Trinajstić information content (AvgIpc) is 2.90. The molecule has 0 amide bonds. The van der Waals surface area contributed by atoms with Gasteiger partial charge < -0.3 is 5.73 Å². The third-order valence-corrected chi connectivity index (χ3v) is 5.90. The first-order valence-corrected chi connectivity index (χ1v) is 8.47. The molecule has 0 spiro atoms. The van der Waals surface area contributed by atoms with Crippen LogP contribution >= 0.6 is 11.3 Å². The zero-order valence-electron chi connectivity index (χ0n) is 11.7. The van der Waals surface area contributed by atoms with Gasteiger partial charge in [-0.1, -0.05) is 0 Å². The summed E-state index contributed by atoms with van der Waals surface area (Å²) in [5.41, 5.74) is 8.00. The monoisotopic (exact) mass is 314 g/mol. The standard InChI is InChI=1S/C12H18N4O2S2/c1-8-7-19-11(4-13)12(8)20(17,18)14-5-10-6-16(3)15-9(10)2/h6-7,14H,4-5,13H2,1-3H3. The minimum Gasteiger partial charge on any atom is -0.326 e. The van der Waals surface area contributed by atoms with Gasteiger partial charge in [0.05, 0.1) is 5.69 Å². The van der Waals surface area contributed by atoms with Crippen molar-refractivity contribution in [2.75, 3.05) is 0 Å². The summed E-state index contributed by atoms with van der Waals surface area (Å²) in [6.45, 7) is 4.08. The summed E-state index contributed by atoms with van der Waals surface area (Å²) < 4.78 is 29.1. The van der Waals surface area contributed by atoms with Crippen LogP contribution in [0.15, 0.2) is 16.5 Å². The number of nitrogens with two attached hydrogens (primary N) is 1. The molecular formula is C12H18N4O2S2. The van der Waals surface area contributed by atoms with E-state index in [1.165, 1.54) is 11.3 Å². The molecule has 0 saturated carbocycles. The Balaban J connectivity index is 2.23. The lowest BCUT2D eigenvalue weighted by Crippen LogP contribution is -2.25. The predicted octanol–water partition coefficient (Wildman–Crippen LogP) is 1.04. The van der Waals surface area contributed by atoms with Crippen molar-refractivity contribution in [3.63, 3.8) is 0 Å². The highest BCUT2D eigenvalue weighted by Gasteiger charge is 2.22. The number of hydrogen-bond acceptors (Lipinski definition) is 5. The van der Waals surface area contributed by atoms with E-state index in [0.29, 0.717) is 9.77 Å². The summed E-state index contributed by atoms with van der Waals surface area (Å²) in [6, 6.07) is 0. The van der Waals surface area contributed by atoms with Crippen molar-refractivity contribution >= 4 is 21.4 Å². The smallest absolute Gasteiger partial charge is 0.242 e. The van der Waals surface area contributed by atoms with Crippen molar-refractivity contribution in [2.24, 2.45) is 12.8 Å². The minimum absolute atomic E-state index is 0.223. The second-order valence-electron chi connectivity index (χ2n) is 4.61. The molecule has 2 rings (SSSR count). The van der Waals surface area contributed by atoms with E-state index in [2.05, 4.69) is 9.82 Å². The van der Waals surface area contributed by atoms with E-state index in [1.807, 2.05) is 18.5 Å². The summed E-state index contributed by atoms with van der Waals surface area (Å²) in [5.74, 6) is 0. The van der Waals surface area contributed by atoms with Crippen LogP contribution in [-0.2, 0) is 30.2 Å². The second kappa shape index (κ2) is 5.65. The zero-order valence-corrected chi connectivity index (χ0v) is 13.3. The average molecular weight is 314 g/mol. The van der Waals surface area contributed by atoms with Gasteiger partial charge in [0.1, 0.15) is 4.90 Å². The fraction of sp³-hybridized carbons (Fsp3) is 0.417. The maximum absolute atomic E-state index is 12.4. The number of rotatable bonds is 5.